The first-order chi connectivity index (χ1) is 41.0. The molecular formula is C77H136O6. The number of esters is 3. The lowest BCUT2D eigenvalue weighted by Gasteiger charge is -2.18. The van der Waals surface area contributed by atoms with Crippen LogP contribution in [0.1, 0.15) is 367 Å². The predicted molar refractivity (Wildman–Crippen MR) is 362 cm³/mol. The summed E-state index contributed by atoms with van der Waals surface area (Å²) in [5.41, 5.74) is 0. The molecule has 0 spiro atoms. The van der Waals surface area contributed by atoms with Crippen LogP contribution in [0.15, 0.2) is 85.1 Å². The molecule has 0 saturated heterocycles. The fourth-order valence-corrected chi connectivity index (χ4v) is 10.5. The average molecular weight is 1160 g/mol. The van der Waals surface area contributed by atoms with Crippen LogP contribution < -0.4 is 0 Å². The van der Waals surface area contributed by atoms with E-state index in [-0.39, 0.29) is 31.1 Å². The SMILES string of the molecule is CC/C=C\C/C=C\C/C=C\C/C=C\C/C=C\C/C=C\CCCCCCCCCCCCCCCCCCC(=O)OCC(COC(=O)CCCCCCCCCCCCCC)OC(=O)CCCCCCCCC/C=C\CCCCCCCCC. The lowest BCUT2D eigenvalue weighted by molar-refractivity contribution is -0.167. The maximum Gasteiger partial charge on any atom is 0.306 e. The Bertz CT molecular complexity index is 1570. The summed E-state index contributed by atoms with van der Waals surface area (Å²) in [7, 11) is 0. The van der Waals surface area contributed by atoms with Crippen molar-refractivity contribution in [3.8, 4) is 0 Å². The minimum Gasteiger partial charge on any atom is -0.462 e. The number of carbonyl (C=O) groups excluding carboxylic acids is 3. The van der Waals surface area contributed by atoms with Gasteiger partial charge in [0.05, 0.1) is 0 Å². The smallest absolute Gasteiger partial charge is 0.306 e. The van der Waals surface area contributed by atoms with Crippen molar-refractivity contribution in [2.24, 2.45) is 0 Å². The van der Waals surface area contributed by atoms with E-state index in [9.17, 15) is 14.4 Å². The molecule has 0 amide bonds. The van der Waals surface area contributed by atoms with Crippen molar-refractivity contribution in [3.63, 3.8) is 0 Å². The molecule has 1 atom stereocenters. The van der Waals surface area contributed by atoms with Crippen LogP contribution in [0.3, 0.4) is 0 Å². The molecule has 0 aliphatic heterocycles. The van der Waals surface area contributed by atoms with E-state index in [0.29, 0.717) is 19.3 Å². The number of rotatable bonds is 66. The molecule has 0 fully saturated rings. The Labute approximate surface area is 515 Å². The first-order valence-corrected chi connectivity index (χ1v) is 36.1. The molecule has 1 unspecified atom stereocenters. The Balaban J connectivity index is 4.14. The highest BCUT2D eigenvalue weighted by molar-refractivity contribution is 5.71. The molecule has 0 aromatic carbocycles. The number of allylic oxidation sites excluding steroid dienone is 14. The van der Waals surface area contributed by atoms with Crippen molar-refractivity contribution in [1.29, 1.82) is 0 Å². The second kappa shape index (κ2) is 71.1. The van der Waals surface area contributed by atoms with Gasteiger partial charge in [-0.3, -0.25) is 14.4 Å². The quantitative estimate of drug-likeness (QED) is 0.0261. The van der Waals surface area contributed by atoms with Crippen molar-refractivity contribution < 1.29 is 28.6 Å². The molecule has 0 saturated carbocycles. The standard InChI is InChI=1S/C77H136O6/c1-4-7-10-13-16-19-22-25-27-29-31-32-33-34-35-36-37-38-39-40-41-42-43-44-45-46-47-49-50-52-55-58-61-64-67-70-76(79)82-73-74(72-81-75(78)69-66-63-60-57-54-24-21-18-15-12-9-6-3)83-77(80)71-68-65-62-59-56-53-51-48-30-28-26-23-20-17-14-11-8-5-2/h7,10,16,19,25,27-28,30-32,34-35,37-38,74H,4-6,8-9,11-15,17-18,20-24,26,29,33,36,39-73H2,1-3H3/b10-7-,19-16-,27-25-,30-28-,32-31-,35-34-,38-37-. The number of carbonyl (C=O) groups is 3. The normalized spacial score (nSPS) is 12.6. The van der Waals surface area contributed by atoms with Gasteiger partial charge < -0.3 is 14.2 Å². The third-order valence-corrected chi connectivity index (χ3v) is 15.9. The molecular weight excluding hydrogens is 1020 g/mol. The lowest BCUT2D eigenvalue weighted by atomic mass is 10.0. The number of hydrogen-bond acceptors (Lipinski definition) is 6. The van der Waals surface area contributed by atoms with E-state index in [0.717, 1.165) is 96.3 Å². The maximum atomic E-state index is 12.9. The van der Waals surface area contributed by atoms with Gasteiger partial charge in [0, 0.05) is 19.3 Å². The van der Waals surface area contributed by atoms with E-state index >= 15 is 0 Å². The van der Waals surface area contributed by atoms with Gasteiger partial charge >= 0.3 is 17.9 Å². The minimum atomic E-state index is -0.775. The molecule has 0 aliphatic carbocycles. The fourth-order valence-electron chi connectivity index (χ4n) is 10.5. The second-order valence-electron chi connectivity index (χ2n) is 24.1. The highest BCUT2D eigenvalue weighted by atomic mass is 16.6. The summed E-state index contributed by atoms with van der Waals surface area (Å²) in [6.07, 6.45) is 94.8. The van der Waals surface area contributed by atoms with Gasteiger partial charge in [0.25, 0.3) is 0 Å². The third-order valence-electron chi connectivity index (χ3n) is 15.9. The third kappa shape index (κ3) is 69.3. The topological polar surface area (TPSA) is 78.9 Å². The van der Waals surface area contributed by atoms with Crippen LogP contribution in [-0.2, 0) is 28.6 Å². The van der Waals surface area contributed by atoms with Gasteiger partial charge in [-0.1, -0.05) is 337 Å². The van der Waals surface area contributed by atoms with Crippen molar-refractivity contribution in [2.45, 2.75) is 374 Å². The van der Waals surface area contributed by atoms with E-state index in [2.05, 4.69) is 106 Å². The van der Waals surface area contributed by atoms with Gasteiger partial charge in [0.2, 0.25) is 0 Å². The maximum absolute atomic E-state index is 12.9. The van der Waals surface area contributed by atoms with Crippen LogP contribution in [0.25, 0.3) is 0 Å². The molecule has 0 aliphatic rings. The molecule has 0 bridgehead atoms. The Morgan fingerprint density at radius 2 is 0.470 bits per heavy atom. The van der Waals surface area contributed by atoms with E-state index in [1.165, 1.54) is 231 Å². The molecule has 6 nitrogen and oxygen atoms in total. The number of hydrogen-bond donors (Lipinski definition) is 0. The molecule has 0 heterocycles. The monoisotopic (exact) mass is 1160 g/mol. The number of unbranched alkanes of at least 4 members (excludes halogenated alkanes) is 41. The largest absolute Gasteiger partial charge is 0.462 e. The van der Waals surface area contributed by atoms with Crippen molar-refractivity contribution in [3.05, 3.63) is 85.1 Å². The highest BCUT2D eigenvalue weighted by Gasteiger charge is 2.19. The van der Waals surface area contributed by atoms with Crippen LogP contribution in [0.2, 0.25) is 0 Å². The van der Waals surface area contributed by atoms with Crippen LogP contribution in [0.4, 0.5) is 0 Å². The summed E-state index contributed by atoms with van der Waals surface area (Å²) in [5, 5.41) is 0. The summed E-state index contributed by atoms with van der Waals surface area (Å²) in [6, 6.07) is 0. The summed E-state index contributed by atoms with van der Waals surface area (Å²) in [4.78, 5) is 38.4. The zero-order valence-electron chi connectivity index (χ0n) is 55.2. The van der Waals surface area contributed by atoms with E-state index in [1.807, 2.05) is 0 Å². The first kappa shape index (κ1) is 79.6. The molecule has 0 radical (unpaired) electrons. The molecule has 6 heteroatoms. The average Bonchev–Trinajstić information content (AvgIpc) is 3.49. The van der Waals surface area contributed by atoms with Crippen LogP contribution >= 0.6 is 0 Å². The Morgan fingerprint density at radius 3 is 0.747 bits per heavy atom. The molecule has 0 aromatic rings. The van der Waals surface area contributed by atoms with Crippen molar-refractivity contribution in [1.82, 2.24) is 0 Å². The van der Waals surface area contributed by atoms with Gasteiger partial charge in [0.15, 0.2) is 6.10 Å². The summed E-state index contributed by atoms with van der Waals surface area (Å²) >= 11 is 0. The summed E-state index contributed by atoms with van der Waals surface area (Å²) < 4.78 is 17.0. The zero-order chi connectivity index (χ0) is 59.9. The van der Waals surface area contributed by atoms with Gasteiger partial charge in [-0.15, -0.1) is 0 Å². The molecule has 480 valence electrons. The fraction of sp³-hybridized carbons (Fsp3) is 0.779. The summed E-state index contributed by atoms with van der Waals surface area (Å²) in [6.45, 7) is 6.57. The van der Waals surface area contributed by atoms with Gasteiger partial charge in [-0.25, -0.2) is 0 Å². The van der Waals surface area contributed by atoms with Gasteiger partial charge in [-0.05, 0) is 96.3 Å². The van der Waals surface area contributed by atoms with E-state index in [1.54, 1.807) is 0 Å². The predicted octanol–water partition coefficient (Wildman–Crippen LogP) is 25.0. The van der Waals surface area contributed by atoms with Crippen molar-refractivity contribution >= 4 is 17.9 Å². The van der Waals surface area contributed by atoms with Crippen LogP contribution in [0.5, 0.6) is 0 Å². The lowest BCUT2D eigenvalue weighted by Crippen LogP contribution is -2.30. The zero-order valence-corrected chi connectivity index (χ0v) is 55.2. The second-order valence-corrected chi connectivity index (χ2v) is 24.1. The summed E-state index contributed by atoms with van der Waals surface area (Å²) in [5.74, 6) is -0.855. The molecule has 0 N–H and O–H groups in total. The van der Waals surface area contributed by atoms with Crippen LogP contribution in [0, 0.1) is 0 Å². The van der Waals surface area contributed by atoms with Crippen LogP contribution in [-0.4, -0.2) is 37.2 Å². The molecule has 83 heavy (non-hydrogen) atoms. The Morgan fingerprint density at radius 1 is 0.253 bits per heavy atom. The Hall–Kier alpha value is -3.41. The minimum absolute atomic E-state index is 0.0717. The van der Waals surface area contributed by atoms with Gasteiger partial charge in [-0.2, -0.15) is 0 Å². The highest BCUT2D eigenvalue weighted by Crippen LogP contribution is 2.18. The Kier molecular flexibility index (Phi) is 68.2. The molecule has 0 aromatic heterocycles. The van der Waals surface area contributed by atoms with Gasteiger partial charge in [0.1, 0.15) is 13.2 Å². The first-order valence-electron chi connectivity index (χ1n) is 36.1. The van der Waals surface area contributed by atoms with E-state index < -0.39 is 6.10 Å². The number of ether oxygens (including phenoxy) is 3. The van der Waals surface area contributed by atoms with E-state index in [4.69, 9.17) is 14.2 Å². The van der Waals surface area contributed by atoms with Crippen molar-refractivity contribution in [2.75, 3.05) is 13.2 Å². The molecule has 0 rings (SSSR count).